The van der Waals surface area contributed by atoms with Crippen LogP contribution in [-0.4, -0.2) is 34.7 Å². The highest BCUT2D eigenvalue weighted by Gasteiger charge is 2.71. The van der Waals surface area contributed by atoms with Crippen LogP contribution in [0.2, 0.25) is 0 Å². The molecule has 0 saturated carbocycles. The predicted molar refractivity (Wildman–Crippen MR) is 88.5 cm³/mol. The molecule has 4 rings (SSSR count). The molecule has 3 heterocycles. The number of amides is 1. The molecule has 3 aliphatic heterocycles. The fourth-order valence-electron chi connectivity index (χ4n) is 4.42. The number of halogens is 1. The van der Waals surface area contributed by atoms with Gasteiger partial charge in [0.1, 0.15) is 17.3 Å². The number of benzene rings is 1. The number of carbonyl (C=O) groups excluding carboxylic acids is 1. The fraction of sp³-hybridized carbons (Fsp3) is 0.368. The quantitative estimate of drug-likeness (QED) is 0.853. The third-order valence-electron chi connectivity index (χ3n) is 5.35. The van der Waals surface area contributed by atoms with Gasteiger partial charge in [0, 0.05) is 5.69 Å². The molecular weight excluding hydrogens is 325 g/mol. The van der Waals surface area contributed by atoms with E-state index in [1.807, 2.05) is 13.0 Å². The van der Waals surface area contributed by atoms with Crippen molar-refractivity contribution in [2.75, 3.05) is 4.90 Å². The molecular formula is C19H18FNO4. The first-order valence-electron chi connectivity index (χ1n) is 8.18. The Morgan fingerprint density at radius 1 is 1.40 bits per heavy atom. The standard InChI is InChI=1S/C19H18FNO4/c1-10(2)9-14-19-8-7-13(25-19)15(18(23)24)16(19)17(22)21(14)12-5-3-11(20)4-6-12/h3-8,13-16H,1,9H2,2H3,(H,23,24)/t13-,14-,15+,16+,19-/m1/s1. The van der Waals surface area contributed by atoms with E-state index >= 15 is 0 Å². The predicted octanol–water partition coefficient (Wildman–Crippen LogP) is 2.53. The van der Waals surface area contributed by atoms with E-state index in [2.05, 4.69) is 6.58 Å². The van der Waals surface area contributed by atoms with Crippen molar-refractivity contribution >= 4 is 17.6 Å². The number of carboxylic acids is 1. The van der Waals surface area contributed by atoms with Crippen molar-refractivity contribution in [3.05, 3.63) is 54.4 Å². The maximum atomic E-state index is 13.3. The number of aliphatic carboxylic acids is 1. The van der Waals surface area contributed by atoms with Gasteiger partial charge in [0.15, 0.2) is 0 Å². The van der Waals surface area contributed by atoms with Crippen LogP contribution in [0.15, 0.2) is 48.6 Å². The van der Waals surface area contributed by atoms with Crippen LogP contribution in [0.4, 0.5) is 10.1 Å². The SMILES string of the molecule is C=C(C)C[C@H]1N(c2ccc(F)cc2)C(=O)[C@@H]2[C@@H](C(=O)O)[C@H]3C=C[C@]21O3. The molecule has 25 heavy (non-hydrogen) atoms. The summed E-state index contributed by atoms with van der Waals surface area (Å²) < 4.78 is 19.3. The van der Waals surface area contributed by atoms with Crippen LogP contribution in [0, 0.1) is 17.7 Å². The van der Waals surface area contributed by atoms with Crippen molar-refractivity contribution in [2.45, 2.75) is 31.1 Å². The first-order valence-corrected chi connectivity index (χ1v) is 8.18. The Kier molecular flexibility index (Phi) is 3.37. The number of carboxylic acid groups (broad SMARTS) is 1. The van der Waals surface area contributed by atoms with Crippen LogP contribution < -0.4 is 4.90 Å². The van der Waals surface area contributed by atoms with Crippen molar-refractivity contribution in [2.24, 2.45) is 11.8 Å². The van der Waals surface area contributed by atoms with Crippen LogP contribution >= 0.6 is 0 Å². The van der Waals surface area contributed by atoms with Gasteiger partial charge < -0.3 is 14.7 Å². The summed E-state index contributed by atoms with van der Waals surface area (Å²) in [4.78, 5) is 26.5. The Morgan fingerprint density at radius 2 is 2.08 bits per heavy atom. The highest BCUT2D eigenvalue weighted by atomic mass is 19.1. The molecule has 1 aromatic rings. The van der Waals surface area contributed by atoms with E-state index in [1.54, 1.807) is 11.0 Å². The van der Waals surface area contributed by atoms with E-state index in [-0.39, 0.29) is 5.91 Å². The second-order valence-electron chi connectivity index (χ2n) is 7.00. The Hall–Kier alpha value is -2.47. The third-order valence-corrected chi connectivity index (χ3v) is 5.35. The molecule has 0 aliphatic carbocycles. The van der Waals surface area contributed by atoms with Crippen LogP contribution in [0.5, 0.6) is 0 Å². The summed E-state index contributed by atoms with van der Waals surface area (Å²) >= 11 is 0. The van der Waals surface area contributed by atoms with E-state index in [4.69, 9.17) is 4.74 Å². The number of hydrogen-bond acceptors (Lipinski definition) is 3. The molecule has 5 atom stereocenters. The molecule has 0 aromatic heterocycles. The lowest BCUT2D eigenvalue weighted by molar-refractivity contribution is -0.146. The minimum atomic E-state index is -1.04. The zero-order valence-corrected chi connectivity index (χ0v) is 13.7. The Labute approximate surface area is 144 Å². The van der Waals surface area contributed by atoms with Crippen molar-refractivity contribution < 1.29 is 23.8 Å². The fourth-order valence-corrected chi connectivity index (χ4v) is 4.42. The molecule has 0 radical (unpaired) electrons. The van der Waals surface area contributed by atoms with Gasteiger partial charge in [-0.1, -0.05) is 17.7 Å². The molecule has 1 amide bonds. The average molecular weight is 343 g/mol. The molecule has 1 spiro atoms. The van der Waals surface area contributed by atoms with Crippen LogP contribution in [0.25, 0.3) is 0 Å². The van der Waals surface area contributed by atoms with Gasteiger partial charge >= 0.3 is 5.97 Å². The first-order chi connectivity index (χ1) is 11.8. The normalized spacial score (nSPS) is 35.3. The van der Waals surface area contributed by atoms with Gasteiger partial charge in [0.25, 0.3) is 0 Å². The van der Waals surface area contributed by atoms with Gasteiger partial charge in [0.05, 0.1) is 18.1 Å². The molecule has 2 bridgehead atoms. The second-order valence-corrected chi connectivity index (χ2v) is 7.00. The zero-order chi connectivity index (χ0) is 17.9. The average Bonchev–Trinajstić information content (AvgIpc) is 3.18. The highest BCUT2D eigenvalue weighted by Crippen LogP contribution is 2.56. The summed E-state index contributed by atoms with van der Waals surface area (Å²) in [5, 5.41) is 9.61. The molecule has 2 saturated heterocycles. The molecule has 5 nitrogen and oxygen atoms in total. The van der Waals surface area contributed by atoms with E-state index in [9.17, 15) is 19.1 Å². The molecule has 3 aliphatic rings. The van der Waals surface area contributed by atoms with Crippen molar-refractivity contribution in [1.82, 2.24) is 0 Å². The highest BCUT2D eigenvalue weighted by molar-refractivity contribution is 6.03. The lowest BCUT2D eigenvalue weighted by atomic mass is 9.74. The van der Waals surface area contributed by atoms with E-state index in [1.165, 1.54) is 24.3 Å². The summed E-state index contributed by atoms with van der Waals surface area (Å²) in [6.07, 6.45) is 3.46. The molecule has 1 N–H and O–H groups in total. The zero-order valence-electron chi connectivity index (χ0n) is 13.7. The van der Waals surface area contributed by atoms with Gasteiger partial charge in [0.2, 0.25) is 5.91 Å². The Balaban J connectivity index is 1.84. The lowest BCUT2D eigenvalue weighted by Gasteiger charge is -2.33. The Morgan fingerprint density at radius 3 is 2.68 bits per heavy atom. The van der Waals surface area contributed by atoms with Crippen LogP contribution in [0.1, 0.15) is 13.3 Å². The molecule has 130 valence electrons. The summed E-state index contributed by atoms with van der Waals surface area (Å²) in [6, 6.07) is 5.23. The van der Waals surface area contributed by atoms with Gasteiger partial charge in [-0.3, -0.25) is 9.59 Å². The van der Waals surface area contributed by atoms with Crippen molar-refractivity contribution in [3.8, 4) is 0 Å². The van der Waals surface area contributed by atoms with Gasteiger partial charge in [-0.25, -0.2) is 4.39 Å². The third kappa shape index (κ3) is 2.10. The van der Waals surface area contributed by atoms with Crippen LogP contribution in [-0.2, 0) is 14.3 Å². The van der Waals surface area contributed by atoms with Crippen LogP contribution in [0.3, 0.4) is 0 Å². The topological polar surface area (TPSA) is 66.8 Å². The summed E-state index contributed by atoms with van der Waals surface area (Å²) in [7, 11) is 0. The number of nitrogens with zero attached hydrogens (tertiary/aromatic N) is 1. The number of fused-ring (bicyclic) bond motifs is 1. The van der Waals surface area contributed by atoms with Gasteiger partial charge in [-0.15, -0.1) is 6.58 Å². The largest absolute Gasteiger partial charge is 0.481 e. The number of hydrogen-bond donors (Lipinski definition) is 1. The maximum Gasteiger partial charge on any atom is 0.310 e. The summed E-state index contributed by atoms with van der Waals surface area (Å²) in [5.41, 5.74) is 0.420. The summed E-state index contributed by atoms with van der Waals surface area (Å²) in [5.74, 6) is -3.42. The monoisotopic (exact) mass is 343 g/mol. The molecule has 2 fully saturated rings. The van der Waals surface area contributed by atoms with Crippen molar-refractivity contribution in [1.29, 1.82) is 0 Å². The summed E-state index contributed by atoms with van der Waals surface area (Å²) in [6.45, 7) is 5.80. The Bertz CT molecular complexity index is 802. The number of anilines is 1. The maximum absolute atomic E-state index is 13.3. The van der Waals surface area contributed by atoms with Gasteiger partial charge in [-0.2, -0.15) is 0 Å². The van der Waals surface area contributed by atoms with Gasteiger partial charge in [-0.05, 0) is 37.6 Å². The minimum Gasteiger partial charge on any atom is -0.481 e. The van der Waals surface area contributed by atoms with E-state index < -0.39 is 41.4 Å². The minimum absolute atomic E-state index is 0.294. The van der Waals surface area contributed by atoms with Crippen molar-refractivity contribution in [3.63, 3.8) is 0 Å². The molecule has 6 heteroatoms. The van der Waals surface area contributed by atoms with E-state index in [0.29, 0.717) is 12.1 Å². The first kappa shape index (κ1) is 16.0. The molecule has 1 aromatic carbocycles. The smallest absolute Gasteiger partial charge is 0.310 e. The molecule has 0 unspecified atom stereocenters. The number of ether oxygens (including phenoxy) is 1. The number of rotatable bonds is 4. The van der Waals surface area contributed by atoms with E-state index in [0.717, 1.165) is 5.57 Å². The second kappa shape index (κ2) is 5.26. The number of carbonyl (C=O) groups is 2. The lowest BCUT2D eigenvalue weighted by Crippen LogP contribution is -2.45.